The summed E-state index contributed by atoms with van der Waals surface area (Å²) in [7, 11) is 1.48. The number of aliphatic carboxylic acids is 2. The van der Waals surface area contributed by atoms with Gasteiger partial charge in [0.25, 0.3) is 17.7 Å². The number of H-pyrrole nitrogens is 3. The Morgan fingerprint density at radius 1 is 0.397 bits per heavy atom. The van der Waals surface area contributed by atoms with Crippen molar-refractivity contribution in [1.29, 1.82) is 0 Å². The molecule has 6 aromatic heterocycles. The maximum Gasteiger partial charge on any atom is 0.341 e. The number of aromatic carboxylic acids is 3. The van der Waals surface area contributed by atoms with Crippen LogP contribution in [0.2, 0.25) is 0 Å². The minimum atomic E-state index is -1.29. The molecule has 0 aliphatic rings. The monoisotopic (exact) mass is 1900 g/mol. The molecule has 9 aromatic carbocycles. The van der Waals surface area contributed by atoms with E-state index in [0.29, 0.717) is 79.9 Å². The maximum absolute atomic E-state index is 13.0. The van der Waals surface area contributed by atoms with Crippen LogP contribution in [0.4, 0.5) is 0 Å². The average Bonchev–Trinajstić information content (AvgIpc) is 0.405. The van der Waals surface area contributed by atoms with Crippen molar-refractivity contribution in [3.8, 4) is 5.75 Å². The van der Waals surface area contributed by atoms with E-state index in [1.54, 1.807) is 81.4 Å². The summed E-state index contributed by atoms with van der Waals surface area (Å²) in [6, 6.07) is 61.6. The van der Waals surface area contributed by atoms with Gasteiger partial charge in [0.2, 0.25) is 32.6 Å². The van der Waals surface area contributed by atoms with E-state index >= 15 is 0 Å². The van der Waals surface area contributed by atoms with Gasteiger partial charge in [-0.25, -0.2) is 14.4 Å². The molecule has 0 atom stereocenters. The summed E-state index contributed by atoms with van der Waals surface area (Å²) in [5.41, 5.74) is 3.92. The van der Waals surface area contributed by atoms with Crippen LogP contribution in [-0.2, 0) is 38.8 Å². The van der Waals surface area contributed by atoms with Gasteiger partial charge in [0.15, 0.2) is 5.78 Å². The number of fused-ring (bicyclic) bond motifs is 6. The number of hydrogen-bond acceptors (Lipinski definition) is 18. The molecular weight excluding hydrogens is 1820 g/mol. The molecule has 0 fully saturated rings. The Hall–Kier alpha value is -16.1. The molecule has 32 nitrogen and oxygen atoms in total. The van der Waals surface area contributed by atoms with Gasteiger partial charge in [-0.3, -0.25) is 62.3 Å². The van der Waals surface area contributed by atoms with Gasteiger partial charge in [0.1, 0.15) is 64.4 Å². The molecule has 0 aliphatic carbocycles. The number of carboxylic acid groups (broad SMARTS) is 5. The normalized spacial score (nSPS) is 10.8. The summed E-state index contributed by atoms with van der Waals surface area (Å²) in [4.78, 5) is 196. The number of Topliss-reactive ketones (excluding diaryl/α,β-unsaturated/α-hetero) is 1. The highest BCUT2D eigenvalue weighted by molar-refractivity contribution is 9.10. The highest BCUT2D eigenvalue weighted by Gasteiger charge is 2.24. The molecule has 131 heavy (non-hydrogen) atoms. The molecule has 34 heteroatoms. The number of ether oxygens (including phenoxy) is 2. The molecule has 15 aromatic rings. The summed E-state index contributed by atoms with van der Waals surface area (Å²) in [5.74, 6) is -8.06. The second kappa shape index (κ2) is 43.9. The summed E-state index contributed by atoms with van der Waals surface area (Å²) < 4.78 is 17.1. The first-order chi connectivity index (χ1) is 62.3. The molecule has 0 saturated heterocycles. The lowest BCUT2D eigenvalue weighted by atomic mass is 9.99. The highest BCUT2D eigenvalue weighted by atomic mass is 79.9. The number of carboxylic acids is 5. The number of carbonyl (C=O) groups excluding carboxylic acids is 5. The number of carbonyl (C=O) groups is 10. The largest absolute Gasteiger partial charge is 0.497 e. The lowest BCUT2D eigenvalue weighted by Gasteiger charge is -2.19. The fourth-order valence-electron chi connectivity index (χ4n) is 13.4. The van der Waals surface area contributed by atoms with Gasteiger partial charge in [0.05, 0.1) is 34.6 Å². The van der Waals surface area contributed by atoms with Crippen molar-refractivity contribution in [2.45, 2.75) is 72.7 Å². The number of pyridine rings is 6. The van der Waals surface area contributed by atoms with Crippen LogP contribution in [-0.4, -0.2) is 146 Å². The molecule has 0 radical (unpaired) electrons. The quantitative estimate of drug-likeness (QED) is 0.0235. The topological polar surface area (TPSA) is 491 Å². The van der Waals surface area contributed by atoms with Gasteiger partial charge in [-0.15, -0.1) is 0 Å². The molecule has 0 spiro atoms. The zero-order chi connectivity index (χ0) is 95.2. The summed E-state index contributed by atoms with van der Waals surface area (Å²) in [6.45, 7) is 10.7. The number of hydrogen-bond donors (Lipinski definition) is 11. The Labute approximate surface area is 759 Å². The molecule has 0 unspecified atom stereocenters. The summed E-state index contributed by atoms with van der Waals surface area (Å²) in [6.07, 6.45) is 8.10. The van der Waals surface area contributed by atoms with E-state index in [9.17, 15) is 76.7 Å². The van der Waals surface area contributed by atoms with E-state index in [0.717, 1.165) is 48.4 Å². The molecule has 670 valence electrons. The molecule has 0 saturated carbocycles. The number of nitrogens with zero attached hydrogens (tertiary/aromatic N) is 3. The van der Waals surface area contributed by atoms with Crippen molar-refractivity contribution in [2.75, 3.05) is 26.7 Å². The third-order valence-electron chi connectivity index (χ3n) is 19.6. The van der Waals surface area contributed by atoms with Crippen molar-refractivity contribution in [3.63, 3.8) is 0 Å². The third kappa shape index (κ3) is 25.2. The second-order valence-electron chi connectivity index (χ2n) is 30.4. The first-order valence-electron chi connectivity index (χ1n) is 39.9. The van der Waals surface area contributed by atoms with E-state index in [1.807, 2.05) is 161 Å². The number of ketones is 1. The molecule has 0 bridgehead atoms. The number of methoxy groups -OCH3 is 1. The van der Waals surface area contributed by atoms with Crippen LogP contribution in [0.15, 0.2) is 281 Å². The number of aromatic nitrogens is 6. The van der Waals surface area contributed by atoms with Gasteiger partial charge in [0, 0.05) is 109 Å². The Kier molecular flexibility index (Phi) is 32.5. The van der Waals surface area contributed by atoms with E-state index in [-0.39, 0.29) is 57.0 Å². The predicted molar refractivity (Wildman–Crippen MR) is 500 cm³/mol. The molecule has 11 N–H and O–H groups in total. The zero-order valence-electron chi connectivity index (χ0n) is 71.1. The first kappa shape index (κ1) is 97.1. The highest BCUT2D eigenvalue weighted by Crippen LogP contribution is 2.26. The zero-order valence-corrected chi connectivity index (χ0v) is 74.3. The predicted octanol–water partition coefficient (Wildman–Crippen LogP) is 13.4. The minimum Gasteiger partial charge on any atom is -0.497 e. The number of amides is 3. The molecule has 0 aliphatic heterocycles. The fourth-order valence-corrected chi connectivity index (χ4v) is 14.1. The van der Waals surface area contributed by atoms with Crippen LogP contribution in [0.3, 0.4) is 0 Å². The fraction of sp³-hybridized carbons (Fsp3) is 0.155. The number of nitrogens with one attached hydrogen (secondary N) is 6. The number of halogens is 2. The molecular formula is C97H85Br2N9O23. The number of esters is 1. The van der Waals surface area contributed by atoms with Crippen LogP contribution < -0.4 is 53.3 Å². The first-order valence-corrected chi connectivity index (χ1v) is 41.5. The van der Waals surface area contributed by atoms with E-state index < -0.39 is 105 Å². The van der Waals surface area contributed by atoms with Crippen LogP contribution in [0.5, 0.6) is 5.75 Å². The van der Waals surface area contributed by atoms with Crippen LogP contribution in [0.25, 0.3) is 65.4 Å². The van der Waals surface area contributed by atoms with Crippen molar-refractivity contribution < 1.29 is 83.0 Å². The molecule has 15 rings (SSSR count). The Balaban J connectivity index is 0.000000166. The molecule has 6 heterocycles. The smallest absolute Gasteiger partial charge is 0.341 e. The molecule has 3 amide bonds. The van der Waals surface area contributed by atoms with Crippen LogP contribution in [0, 0.1) is 0 Å². The number of rotatable bonds is 21. The SMILES string of the molecule is CC(=O)c1ccc2[nH]cc(C(=O)O)c(=O)c2c1.CC(C)(C)OC(=O)CNC(=O)c1cn(Cc2ccccc2)c2ccc(Br)cc2c1=O.CC(C)c1cccc2c(=O)c(C(=O)O)c[nH]c12.COc1ccc2[nH]cc(C(=O)O)c(=O)c2c1.O=C(O)CNC(=O)c1cn(Cc2ccccc2)c2ccc(Br)cc2c1=O.O=C(O)CNC(=O)c1cn(Cc2ccccc2)c2ccccc2c1=O. The van der Waals surface area contributed by atoms with Gasteiger partial charge >= 0.3 is 35.8 Å². The Bertz CT molecular complexity index is 7340. The second-order valence-corrected chi connectivity index (χ2v) is 32.2. The number of para-hydroxylation sites is 2. The van der Waals surface area contributed by atoms with Crippen molar-refractivity contribution in [2.24, 2.45) is 0 Å². The number of aromatic amines is 3. The van der Waals surface area contributed by atoms with Crippen molar-refractivity contribution in [3.05, 3.63) is 375 Å². The average molecular weight is 1900 g/mol. The Morgan fingerprint density at radius 3 is 1.17 bits per heavy atom. The number of benzene rings is 9. The van der Waals surface area contributed by atoms with Crippen LogP contribution >= 0.6 is 31.9 Å². The van der Waals surface area contributed by atoms with E-state index in [4.69, 9.17) is 35.0 Å². The summed E-state index contributed by atoms with van der Waals surface area (Å²) in [5, 5.41) is 53.1. The van der Waals surface area contributed by atoms with Gasteiger partial charge in [-0.2, -0.15) is 0 Å². The van der Waals surface area contributed by atoms with E-state index in [1.165, 1.54) is 57.2 Å². The lowest BCUT2D eigenvalue weighted by molar-refractivity contribution is -0.153. The van der Waals surface area contributed by atoms with Gasteiger partial charge in [-0.1, -0.05) is 161 Å². The third-order valence-corrected chi connectivity index (χ3v) is 20.6. The lowest BCUT2D eigenvalue weighted by Crippen LogP contribution is -2.36. The van der Waals surface area contributed by atoms with E-state index in [2.05, 4.69) is 62.8 Å². The standard InChI is InChI=1S/C23H23BrN2O4.C19H15BrN2O4.C19H16N2O4.C13H13NO3.C12H9NO4.C11H9NO4/c1-23(2,3)30-20(27)12-25-22(29)18-14-26(13-15-7-5-4-6-8-15)19-10-9-16(24)11-17(19)21(18)28;20-13-6-7-16-14(8-13)18(25)15(19(26)21-9-17(23)24)11-22(16)10-12-4-2-1-3-5-12;22-17(23)10-20-19(25)15-12-21(11-13-6-2-1-3-7-13)16-9-5-4-8-14(16)18(15)24;1-7(2)8-4-3-5-9-11(8)14-6-10(12(9)15)13(16)17;1-6(14)7-2-3-10-8(4-7)11(15)9(5-13-10)12(16)17;1-16-6-2-3-9-7(4-6)10(13)8(5-12-9)11(14)15/h4-11,14H,12-13H2,1-3H3,(H,25,29);1-8,11H,9-10H2,(H,21,26)(H,23,24);1-9,12H,10-11H2,(H,20,25)(H,22,23);3-7H,1-2H3,(H,14,15)(H,16,17);2-5H,1H3,(H,13,15)(H,16,17);2-5H,1H3,(H,12,13)(H,14,15). The Morgan fingerprint density at radius 2 is 0.763 bits per heavy atom. The van der Waals surface area contributed by atoms with Crippen LogP contribution in [0.1, 0.15) is 142 Å². The van der Waals surface area contributed by atoms with Crippen molar-refractivity contribution >= 4 is 157 Å². The van der Waals surface area contributed by atoms with Gasteiger partial charge < -0.3 is 79.6 Å². The maximum atomic E-state index is 13.0. The summed E-state index contributed by atoms with van der Waals surface area (Å²) >= 11 is 6.73. The minimum absolute atomic E-state index is 0.0277. The van der Waals surface area contributed by atoms with Crippen molar-refractivity contribution in [1.82, 2.24) is 44.6 Å². The van der Waals surface area contributed by atoms with Gasteiger partial charge in [-0.05, 0) is 147 Å².